The van der Waals surface area contributed by atoms with Crippen LogP contribution in [0.2, 0.25) is 0 Å². The van der Waals surface area contributed by atoms with Gasteiger partial charge in [0.15, 0.2) is 0 Å². The summed E-state index contributed by atoms with van der Waals surface area (Å²) in [6.45, 7) is 4.09. The largest absolute Gasteiger partial charge is 0.392 e. The van der Waals surface area contributed by atoms with E-state index in [9.17, 15) is 5.11 Å². The van der Waals surface area contributed by atoms with Crippen LogP contribution in [-0.2, 0) is 0 Å². The second-order valence-electron chi connectivity index (χ2n) is 3.73. The van der Waals surface area contributed by atoms with Gasteiger partial charge in [-0.05, 0) is 23.1 Å². The molecule has 15 heavy (non-hydrogen) atoms. The Kier molecular flexibility index (Phi) is 4.08. The summed E-state index contributed by atoms with van der Waals surface area (Å²) in [5, 5.41) is 18.1. The zero-order valence-corrected chi connectivity index (χ0v) is 9.07. The molecule has 1 N–H and O–H groups in total. The number of nitriles is 1. The Morgan fingerprint density at radius 3 is 2.67 bits per heavy atom. The Balaban J connectivity index is 3.12. The van der Waals surface area contributed by atoms with E-state index in [0.717, 1.165) is 11.1 Å². The van der Waals surface area contributed by atoms with Crippen LogP contribution < -0.4 is 0 Å². The Hall–Kier alpha value is -1.59. The number of aliphatic hydroxyl groups excluding tert-OH is 1. The fourth-order valence-electron chi connectivity index (χ4n) is 1.32. The fraction of sp³-hybridized carbons (Fsp3) is 0.308. The molecule has 0 amide bonds. The van der Waals surface area contributed by atoms with Crippen molar-refractivity contribution in [2.45, 2.75) is 13.8 Å². The lowest BCUT2D eigenvalue weighted by Gasteiger charge is -2.08. The van der Waals surface area contributed by atoms with Gasteiger partial charge in [-0.2, -0.15) is 5.26 Å². The van der Waals surface area contributed by atoms with Crippen molar-refractivity contribution in [1.29, 1.82) is 5.26 Å². The van der Waals surface area contributed by atoms with Gasteiger partial charge in [0.2, 0.25) is 0 Å². The number of nitrogens with zero attached hydrogens (tertiary/aromatic N) is 1. The van der Waals surface area contributed by atoms with Crippen LogP contribution in [-0.4, -0.2) is 11.7 Å². The van der Waals surface area contributed by atoms with Gasteiger partial charge in [0.1, 0.15) is 0 Å². The van der Waals surface area contributed by atoms with E-state index in [0.29, 0.717) is 11.5 Å². The van der Waals surface area contributed by atoms with E-state index < -0.39 is 0 Å². The van der Waals surface area contributed by atoms with Gasteiger partial charge in [0, 0.05) is 0 Å². The highest BCUT2D eigenvalue weighted by Crippen LogP contribution is 2.16. The Bertz CT molecular complexity index is 399. The number of hydrogen-bond donors (Lipinski definition) is 1. The van der Waals surface area contributed by atoms with Crippen LogP contribution in [0.3, 0.4) is 0 Å². The van der Waals surface area contributed by atoms with Crippen molar-refractivity contribution in [3.05, 3.63) is 41.0 Å². The van der Waals surface area contributed by atoms with Gasteiger partial charge < -0.3 is 5.11 Å². The highest BCUT2D eigenvalue weighted by atomic mass is 16.3. The number of rotatable bonds is 3. The molecule has 2 nitrogen and oxygen atoms in total. The number of benzene rings is 1. The molecule has 1 rings (SSSR count). The molecule has 0 fully saturated rings. The summed E-state index contributed by atoms with van der Waals surface area (Å²) in [4.78, 5) is 0. The SMILES string of the molecule is CC(C)/C(=C/c1ccccc1C#N)CO. The van der Waals surface area contributed by atoms with Gasteiger partial charge in [-0.25, -0.2) is 0 Å². The van der Waals surface area contributed by atoms with Crippen molar-refractivity contribution in [3.8, 4) is 6.07 Å². The van der Waals surface area contributed by atoms with Crippen molar-refractivity contribution in [2.24, 2.45) is 5.92 Å². The monoisotopic (exact) mass is 201 g/mol. The fourth-order valence-corrected chi connectivity index (χ4v) is 1.32. The highest BCUT2D eigenvalue weighted by molar-refractivity contribution is 5.60. The smallest absolute Gasteiger partial charge is 0.0997 e. The summed E-state index contributed by atoms with van der Waals surface area (Å²) in [5.41, 5.74) is 2.46. The summed E-state index contributed by atoms with van der Waals surface area (Å²) < 4.78 is 0. The summed E-state index contributed by atoms with van der Waals surface area (Å²) in [6.07, 6.45) is 1.89. The van der Waals surface area contributed by atoms with Crippen LogP contribution in [0.25, 0.3) is 6.08 Å². The van der Waals surface area contributed by atoms with Gasteiger partial charge in [-0.1, -0.05) is 38.1 Å². The second kappa shape index (κ2) is 5.33. The molecule has 0 aliphatic rings. The molecule has 0 aliphatic heterocycles. The van der Waals surface area contributed by atoms with Crippen LogP contribution in [0.1, 0.15) is 25.0 Å². The molecule has 1 aromatic carbocycles. The van der Waals surface area contributed by atoms with Gasteiger partial charge in [-0.15, -0.1) is 0 Å². The molecule has 0 saturated carbocycles. The second-order valence-corrected chi connectivity index (χ2v) is 3.73. The molecular weight excluding hydrogens is 186 g/mol. The van der Waals surface area contributed by atoms with Crippen LogP contribution >= 0.6 is 0 Å². The van der Waals surface area contributed by atoms with E-state index in [4.69, 9.17) is 5.26 Å². The summed E-state index contributed by atoms with van der Waals surface area (Å²) in [7, 11) is 0. The van der Waals surface area contributed by atoms with Gasteiger partial charge in [0.05, 0.1) is 18.2 Å². The highest BCUT2D eigenvalue weighted by Gasteiger charge is 2.03. The maximum Gasteiger partial charge on any atom is 0.0997 e. The van der Waals surface area contributed by atoms with Gasteiger partial charge in [-0.3, -0.25) is 0 Å². The van der Waals surface area contributed by atoms with Crippen LogP contribution in [0.15, 0.2) is 29.8 Å². The minimum atomic E-state index is 0.0391. The molecule has 1 aromatic rings. The molecule has 0 aromatic heterocycles. The third kappa shape index (κ3) is 2.93. The molecule has 0 unspecified atom stereocenters. The van der Waals surface area contributed by atoms with Crippen molar-refractivity contribution in [1.82, 2.24) is 0 Å². The molecule has 0 atom stereocenters. The molecular formula is C13H15NO. The predicted molar refractivity (Wildman–Crippen MR) is 61.1 cm³/mol. The lowest BCUT2D eigenvalue weighted by Crippen LogP contribution is -1.99. The summed E-state index contributed by atoms with van der Waals surface area (Å²) >= 11 is 0. The quantitative estimate of drug-likeness (QED) is 0.816. The minimum Gasteiger partial charge on any atom is -0.392 e. The lowest BCUT2D eigenvalue weighted by molar-refractivity contribution is 0.320. The standard InChI is InChI=1S/C13H15NO/c1-10(2)13(9-15)7-11-5-3-4-6-12(11)8-14/h3-7,10,15H,9H2,1-2H3/b13-7+. The van der Waals surface area contributed by atoms with E-state index >= 15 is 0 Å². The first kappa shape index (κ1) is 11.5. The van der Waals surface area contributed by atoms with Crippen molar-refractivity contribution in [2.75, 3.05) is 6.61 Å². The molecule has 0 bridgehead atoms. The molecule has 2 heteroatoms. The van der Waals surface area contributed by atoms with Crippen molar-refractivity contribution >= 4 is 6.08 Å². The van der Waals surface area contributed by atoms with E-state index in [1.165, 1.54) is 0 Å². The normalized spacial score (nSPS) is 11.5. The lowest BCUT2D eigenvalue weighted by atomic mass is 9.99. The molecule has 0 radical (unpaired) electrons. The van der Waals surface area contributed by atoms with E-state index in [2.05, 4.69) is 6.07 Å². The van der Waals surface area contributed by atoms with E-state index in [-0.39, 0.29) is 6.61 Å². The average molecular weight is 201 g/mol. The Morgan fingerprint density at radius 1 is 1.47 bits per heavy atom. The predicted octanol–water partition coefficient (Wildman–Crippen LogP) is 2.59. The molecule has 0 heterocycles. The number of aliphatic hydroxyl groups is 1. The van der Waals surface area contributed by atoms with Gasteiger partial charge >= 0.3 is 0 Å². The molecule has 78 valence electrons. The zero-order chi connectivity index (χ0) is 11.3. The van der Waals surface area contributed by atoms with Crippen LogP contribution in [0.5, 0.6) is 0 Å². The zero-order valence-electron chi connectivity index (χ0n) is 9.07. The first-order valence-corrected chi connectivity index (χ1v) is 4.99. The summed E-state index contributed by atoms with van der Waals surface area (Å²) in [6, 6.07) is 9.53. The maximum atomic E-state index is 9.17. The Labute approximate surface area is 90.5 Å². The maximum absolute atomic E-state index is 9.17. The number of hydrogen-bond acceptors (Lipinski definition) is 2. The van der Waals surface area contributed by atoms with Crippen LogP contribution in [0.4, 0.5) is 0 Å². The van der Waals surface area contributed by atoms with Crippen molar-refractivity contribution < 1.29 is 5.11 Å². The third-order valence-corrected chi connectivity index (χ3v) is 2.35. The minimum absolute atomic E-state index is 0.0391. The Morgan fingerprint density at radius 2 is 2.13 bits per heavy atom. The first-order chi connectivity index (χ1) is 7.19. The van der Waals surface area contributed by atoms with E-state index in [1.54, 1.807) is 6.07 Å². The third-order valence-electron chi connectivity index (χ3n) is 2.35. The first-order valence-electron chi connectivity index (χ1n) is 4.99. The average Bonchev–Trinajstić information content (AvgIpc) is 2.25. The van der Waals surface area contributed by atoms with Gasteiger partial charge in [0.25, 0.3) is 0 Å². The van der Waals surface area contributed by atoms with Crippen LogP contribution in [0, 0.1) is 17.2 Å². The summed E-state index contributed by atoms with van der Waals surface area (Å²) in [5.74, 6) is 0.293. The molecule has 0 spiro atoms. The van der Waals surface area contributed by atoms with E-state index in [1.807, 2.05) is 38.1 Å². The molecule has 0 aliphatic carbocycles. The molecule has 0 saturated heterocycles. The topological polar surface area (TPSA) is 44.0 Å². The van der Waals surface area contributed by atoms with Crippen molar-refractivity contribution in [3.63, 3.8) is 0 Å².